The highest BCUT2D eigenvalue weighted by atomic mass is 16.3. The molecule has 0 aliphatic heterocycles. The smallest absolute Gasteiger partial charge is 0.227 e. The van der Waals surface area contributed by atoms with Gasteiger partial charge in [-0.15, -0.1) is 0 Å². The minimum atomic E-state index is 0.445. The predicted octanol–water partition coefficient (Wildman–Crippen LogP) is 9.91. The number of hydrogen-bond acceptors (Lipinski definition) is 6. The van der Waals surface area contributed by atoms with E-state index in [1.165, 1.54) is 0 Å². The fourth-order valence-electron chi connectivity index (χ4n) is 5.46. The van der Waals surface area contributed by atoms with E-state index < -0.39 is 0 Å². The number of nitriles is 3. The van der Waals surface area contributed by atoms with E-state index in [1.54, 1.807) is 18.2 Å². The van der Waals surface area contributed by atoms with Gasteiger partial charge in [0.1, 0.15) is 5.52 Å². The summed E-state index contributed by atoms with van der Waals surface area (Å²) in [5.41, 5.74) is 10.6. The average molecular weight is 590 g/mol. The summed E-state index contributed by atoms with van der Waals surface area (Å²) in [6.45, 7) is 0. The molecule has 0 unspecified atom stereocenters. The Balaban J connectivity index is 1.26. The molecule has 214 valence electrons. The van der Waals surface area contributed by atoms with Crippen LogP contribution in [0.25, 0.3) is 44.8 Å². The van der Waals surface area contributed by atoms with E-state index in [0.717, 1.165) is 56.0 Å². The van der Waals surface area contributed by atoms with Gasteiger partial charge in [0.2, 0.25) is 5.89 Å². The van der Waals surface area contributed by atoms with Crippen LogP contribution in [0.5, 0.6) is 0 Å². The van der Waals surface area contributed by atoms with Crippen LogP contribution in [0.15, 0.2) is 144 Å². The number of fused-ring (bicyclic) bond motifs is 1. The standard InChI is InChI=1S/C40H23N5O/c41-24-27-5-7-30(8-6-27)31-9-15-35(16-10-31)45(36-17-11-32(12-18-36)34-22-28(25-42)21-29(23-34)26-43)37-19-13-33(14-20-37)40-44-38-3-1-2-4-39(38)46-40/h1-23H. The van der Waals surface area contributed by atoms with Crippen molar-refractivity contribution in [3.05, 3.63) is 156 Å². The third-order valence-electron chi connectivity index (χ3n) is 7.79. The Bertz CT molecular complexity index is 2250. The molecule has 0 aliphatic carbocycles. The van der Waals surface area contributed by atoms with E-state index in [2.05, 4.69) is 52.4 Å². The maximum Gasteiger partial charge on any atom is 0.227 e. The first-order chi connectivity index (χ1) is 22.6. The molecule has 46 heavy (non-hydrogen) atoms. The lowest BCUT2D eigenvalue weighted by atomic mass is 10.00. The third kappa shape index (κ3) is 5.45. The summed E-state index contributed by atoms with van der Waals surface area (Å²) in [6.07, 6.45) is 0. The second-order valence-corrected chi connectivity index (χ2v) is 10.7. The van der Waals surface area contributed by atoms with Crippen molar-refractivity contribution in [2.45, 2.75) is 0 Å². The number of anilines is 3. The van der Waals surface area contributed by atoms with Gasteiger partial charge in [0.25, 0.3) is 0 Å². The molecule has 0 aliphatic rings. The van der Waals surface area contributed by atoms with Crippen LogP contribution in [-0.4, -0.2) is 4.98 Å². The zero-order valence-electron chi connectivity index (χ0n) is 24.4. The van der Waals surface area contributed by atoms with E-state index in [4.69, 9.17) is 9.68 Å². The van der Waals surface area contributed by atoms with E-state index in [-0.39, 0.29) is 0 Å². The number of rotatable bonds is 6. The molecule has 1 heterocycles. The van der Waals surface area contributed by atoms with Crippen LogP contribution in [0.4, 0.5) is 17.1 Å². The molecule has 0 radical (unpaired) electrons. The molecular weight excluding hydrogens is 566 g/mol. The van der Waals surface area contributed by atoms with Crippen molar-refractivity contribution in [1.29, 1.82) is 15.8 Å². The van der Waals surface area contributed by atoms with Crippen molar-refractivity contribution in [2.24, 2.45) is 0 Å². The van der Waals surface area contributed by atoms with Crippen molar-refractivity contribution in [1.82, 2.24) is 4.98 Å². The molecular formula is C40H23N5O. The maximum absolute atomic E-state index is 9.45. The molecule has 0 atom stereocenters. The minimum Gasteiger partial charge on any atom is -0.436 e. The Hall–Kier alpha value is -6.94. The zero-order chi connectivity index (χ0) is 31.5. The molecule has 6 heteroatoms. The van der Waals surface area contributed by atoms with Gasteiger partial charge in [0.15, 0.2) is 5.58 Å². The highest BCUT2D eigenvalue weighted by molar-refractivity contribution is 5.82. The lowest BCUT2D eigenvalue weighted by Crippen LogP contribution is -2.09. The van der Waals surface area contributed by atoms with Gasteiger partial charge in [-0.05, 0) is 113 Å². The second-order valence-electron chi connectivity index (χ2n) is 10.7. The van der Waals surface area contributed by atoms with Crippen LogP contribution >= 0.6 is 0 Å². The molecule has 6 aromatic carbocycles. The molecule has 0 spiro atoms. The fraction of sp³-hybridized carbons (Fsp3) is 0. The van der Waals surface area contributed by atoms with Gasteiger partial charge >= 0.3 is 0 Å². The predicted molar refractivity (Wildman–Crippen MR) is 179 cm³/mol. The van der Waals surface area contributed by atoms with Crippen molar-refractivity contribution >= 4 is 28.2 Å². The van der Waals surface area contributed by atoms with Crippen molar-refractivity contribution < 1.29 is 4.42 Å². The number of aromatic nitrogens is 1. The summed E-state index contributed by atoms with van der Waals surface area (Å²) in [5.74, 6) is 0.562. The first-order valence-corrected chi connectivity index (χ1v) is 14.5. The quantitative estimate of drug-likeness (QED) is 0.191. The second kappa shape index (κ2) is 12.0. The summed E-state index contributed by atoms with van der Waals surface area (Å²) in [7, 11) is 0. The molecule has 6 nitrogen and oxygen atoms in total. The highest BCUT2D eigenvalue weighted by Crippen LogP contribution is 2.38. The van der Waals surface area contributed by atoms with Gasteiger partial charge in [0, 0.05) is 22.6 Å². The molecule has 0 saturated heterocycles. The van der Waals surface area contributed by atoms with E-state index >= 15 is 0 Å². The van der Waals surface area contributed by atoms with Crippen LogP contribution in [0, 0.1) is 34.0 Å². The van der Waals surface area contributed by atoms with Gasteiger partial charge in [-0.3, -0.25) is 0 Å². The van der Waals surface area contributed by atoms with E-state index in [9.17, 15) is 10.5 Å². The fourth-order valence-corrected chi connectivity index (χ4v) is 5.46. The highest BCUT2D eigenvalue weighted by Gasteiger charge is 2.15. The van der Waals surface area contributed by atoms with Crippen LogP contribution in [0.1, 0.15) is 16.7 Å². The van der Waals surface area contributed by atoms with Crippen LogP contribution in [-0.2, 0) is 0 Å². The number of para-hydroxylation sites is 2. The summed E-state index contributed by atoms with van der Waals surface area (Å²) in [5, 5.41) is 28.1. The minimum absolute atomic E-state index is 0.445. The Kier molecular flexibility index (Phi) is 7.26. The molecule has 0 N–H and O–H groups in total. The number of hydrogen-bond donors (Lipinski definition) is 0. The SMILES string of the molecule is N#Cc1ccc(-c2ccc(N(c3ccc(-c4cc(C#N)cc(C#N)c4)cc3)c3ccc(-c4nc5ccccc5o4)cc3)cc2)cc1. The Morgan fingerprint density at radius 3 is 1.41 bits per heavy atom. The van der Waals surface area contributed by atoms with Gasteiger partial charge < -0.3 is 9.32 Å². The zero-order valence-corrected chi connectivity index (χ0v) is 24.4. The number of nitrogens with zero attached hydrogens (tertiary/aromatic N) is 5. The molecule has 1 aromatic heterocycles. The molecule has 0 fully saturated rings. The summed E-state index contributed by atoms with van der Waals surface area (Å²) < 4.78 is 6.00. The lowest BCUT2D eigenvalue weighted by Gasteiger charge is -2.26. The van der Waals surface area contributed by atoms with Crippen LogP contribution in [0.3, 0.4) is 0 Å². The van der Waals surface area contributed by atoms with Crippen molar-refractivity contribution in [2.75, 3.05) is 4.90 Å². The van der Waals surface area contributed by atoms with Gasteiger partial charge in [-0.25, -0.2) is 4.98 Å². The maximum atomic E-state index is 9.45. The molecule has 7 aromatic rings. The van der Waals surface area contributed by atoms with Crippen LogP contribution < -0.4 is 4.90 Å². The molecule has 7 rings (SSSR count). The van der Waals surface area contributed by atoms with E-state index in [1.807, 2.05) is 97.1 Å². The molecule has 0 saturated carbocycles. The average Bonchev–Trinajstić information content (AvgIpc) is 3.57. The largest absolute Gasteiger partial charge is 0.436 e. The Morgan fingerprint density at radius 2 is 0.913 bits per heavy atom. The van der Waals surface area contributed by atoms with Crippen molar-refractivity contribution in [3.8, 4) is 51.9 Å². The van der Waals surface area contributed by atoms with E-state index in [0.29, 0.717) is 22.6 Å². The lowest BCUT2D eigenvalue weighted by molar-refractivity contribution is 0.620. The number of benzene rings is 6. The summed E-state index contributed by atoms with van der Waals surface area (Å²) in [6, 6.07) is 51.3. The molecule has 0 amide bonds. The van der Waals surface area contributed by atoms with Gasteiger partial charge in [0.05, 0.1) is 34.9 Å². The Labute approximate surface area is 265 Å². The summed E-state index contributed by atoms with van der Waals surface area (Å²) in [4.78, 5) is 6.81. The van der Waals surface area contributed by atoms with Crippen LogP contribution in [0.2, 0.25) is 0 Å². The summed E-state index contributed by atoms with van der Waals surface area (Å²) >= 11 is 0. The normalized spacial score (nSPS) is 10.5. The van der Waals surface area contributed by atoms with Gasteiger partial charge in [-0.1, -0.05) is 48.5 Å². The van der Waals surface area contributed by atoms with Gasteiger partial charge in [-0.2, -0.15) is 15.8 Å². The first kappa shape index (κ1) is 27.9. The number of oxazole rings is 1. The monoisotopic (exact) mass is 589 g/mol. The Morgan fingerprint density at radius 1 is 0.457 bits per heavy atom. The third-order valence-corrected chi connectivity index (χ3v) is 7.79. The topological polar surface area (TPSA) is 101 Å². The molecule has 0 bridgehead atoms. The first-order valence-electron chi connectivity index (χ1n) is 14.5. The van der Waals surface area contributed by atoms with Crippen molar-refractivity contribution in [3.63, 3.8) is 0 Å².